The smallest absolute Gasteiger partial charge is 0.418 e. The summed E-state index contributed by atoms with van der Waals surface area (Å²) in [5, 5.41) is 7.33. The van der Waals surface area contributed by atoms with Gasteiger partial charge in [-0.2, -0.15) is 13.2 Å². The molecule has 7 nitrogen and oxygen atoms in total. The number of hydrogen-bond donors (Lipinski definition) is 0. The molecule has 0 atom stereocenters. The lowest BCUT2D eigenvalue weighted by molar-refractivity contribution is -0.137. The lowest BCUT2D eigenvalue weighted by Gasteiger charge is -2.21. The summed E-state index contributed by atoms with van der Waals surface area (Å²) in [6.45, 7) is 0. The van der Waals surface area contributed by atoms with Crippen molar-refractivity contribution in [3.05, 3.63) is 224 Å². The maximum absolute atomic E-state index is 16.0. The number of alkyl halides is 3. The molecule has 0 amide bonds. The zero-order valence-electron chi connectivity index (χ0n) is 39.0. The van der Waals surface area contributed by atoms with Gasteiger partial charge >= 0.3 is 6.18 Å². The third kappa shape index (κ3) is 6.24. The molecular weight excluding hydrogens is 928 g/mol. The van der Waals surface area contributed by atoms with Crippen LogP contribution in [0.5, 0.6) is 0 Å². The minimum absolute atomic E-state index is 0.00580. The maximum Gasteiger partial charge on any atom is 0.418 e. The van der Waals surface area contributed by atoms with Gasteiger partial charge < -0.3 is 18.0 Å². The normalized spacial score (nSPS) is 12.3. The summed E-state index contributed by atoms with van der Waals surface area (Å²) >= 11 is 0. The fourth-order valence-electron chi connectivity index (χ4n) is 11.3. The quantitative estimate of drug-likeness (QED) is 0.166. The largest absolute Gasteiger partial charge is 0.456 e. The Hall–Kier alpha value is -9.80. The average molecular weight is 964 g/mol. The van der Waals surface area contributed by atoms with E-state index in [0.717, 1.165) is 82.1 Å². The molecule has 0 aliphatic carbocycles. The van der Waals surface area contributed by atoms with Gasteiger partial charge in [0.1, 0.15) is 22.3 Å². The van der Waals surface area contributed by atoms with Crippen LogP contribution in [0.3, 0.4) is 0 Å². The molecule has 0 aliphatic heterocycles. The van der Waals surface area contributed by atoms with Gasteiger partial charge in [-0.05, 0) is 72.3 Å². The molecule has 10 aromatic carbocycles. The van der Waals surface area contributed by atoms with Gasteiger partial charge in [-0.3, -0.25) is 0 Å². The van der Waals surface area contributed by atoms with Crippen LogP contribution in [0.2, 0.25) is 0 Å². The van der Waals surface area contributed by atoms with Gasteiger partial charge in [0.25, 0.3) is 0 Å². The molecule has 0 saturated heterocycles. The highest BCUT2D eigenvalue weighted by Gasteiger charge is 2.37. The van der Waals surface area contributed by atoms with E-state index in [4.69, 9.17) is 23.8 Å². The van der Waals surface area contributed by atoms with E-state index in [-0.39, 0.29) is 5.69 Å². The molecule has 15 rings (SSSR count). The zero-order valence-corrected chi connectivity index (χ0v) is 39.0. The summed E-state index contributed by atoms with van der Waals surface area (Å²) < 4.78 is 64.7. The summed E-state index contributed by atoms with van der Waals surface area (Å²) in [6.07, 6.45) is -4.74. The molecule has 0 N–H and O–H groups in total. The molecule has 5 aromatic heterocycles. The van der Waals surface area contributed by atoms with Crippen molar-refractivity contribution >= 4 is 87.5 Å². The number of rotatable bonds is 6. The Morgan fingerprint density at radius 3 is 1.39 bits per heavy atom. The van der Waals surface area contributed by atoms with E-state index < -0.39 is 11.7 Å². The molecule has 15 aromatic rings. The zero-order chi connectivity index (χ0) is 49.2. The van der Waals surface area contributed by atoms with Crippen LogP contribution >= 0.6 is 0 Å². The molecule has 5 heterocycles. The third-order valence-electron chi connectivity index (χ3n) is 14.4. The molecule has 0 unspecified atom stereocenters. The molecule has 0 aliphatic rings. The second-order valence-electron chi connectivity index (χ2n) is 18.5. The van der Waals surface area contributed by atoms with E-state index in [9.17, 15) is 0 Å². The Balaban J connectivity index is 1.06. The van der Waals surface area contributed by atoms with Crippen LogP contribution in [-0.4, -0.2) is 24.1 Å². The summed E-state index contributed by atoms with van der Waals surface area (Å²) in [7, 11) is 0. The van der Waals surface area contributed by atoms with E-state index in [0.29, 0.717) is 56.4 Å². The first-order chi connectivity index (χ1) is 36.4. The third-order valence-corrected chi connectivity index (χ3v) is 14.4. The van der Waals surface area contributed by atoms with Gasteiger partial charge in [0.2, 0.25) is 0 Å². The van der Waals surface area contributed by atoms with Crippen LogP contribution in [0.15, 0.2) is 227 Å². The predicted octanol–water partition coefficient (Wildman–Crippen LogP) is 17.6. The Bertz CT molecular complexity index is 4720. The van der Waals surface area contributed by atoms with E-state index in [1.807, 2.05) is 176 Å². The van der Waals surface area contributed by atoms with E-state index in [1.54, 1.807) is 10.6 Å². The fraction of sp³-hybridized carbons (Fsp3) is 0.0156. The van der Waals surface area contributed by atoms with Gasteiger partial charge in [0, 0.05) is 65.3 Å². The number of aromatic nitrogens is 5. The SMILES string of the molecule is FC(F)(F)c1cccc(-c2ccc(-n3c4ccccc4c4c5c(ccc43)oc3ccccc35)c(-c3nc(-c4ccccc4)nc(-c4ccccc4)n3)c2)c1-n1c2ccccc2c2c3c(ccc21)oc1ccccc13. The van der Waals surface area contributed by atoms with Crippen molar-refractivity contribution in [1.82, 2.24) is 24.1 Å². The summed E-state index contributed by atoms with van der Waals surface area (Å²) in [5.41, 5.74) is 8.91. The molecule has 350 valence electrons. The van der Waals surface area contributed by atoms with Gasteiger partial charge in [-0.25, -0.2) is 15.0 Å². The van der Waals surface area contributed by atoms with Crippen molar-refractivity contribution in [2.75, 3.05) is 0 Å². The minimum atomic E-state index is -4.74. The number of benzene rings is 10. The van der Waals surface area contributed by atoms with Crippen molar-refractivity contribution in [3.8, 4) is 56.7 Å². The molecule has 0 fully saturated rings. The van der Waals surface area contributed by atoms with Crippen molar-refractivity contribution in [1.29, 1.82) is 0 Å². The monoisotopic (exact) mass is 963 g/mol. The predicted molar refractivity (Wildman–Crippen MR) is 290 cm³/mol. The summed E-state index contributed by atoms with van der Waals surface area (Å²) in [6, 6.07) is 69.3. The van der Waals surface area contributed by atoms with Crippen LogP contribution in [0.1, 0.15) is 5.56 Å². The highest BCUT2D eigenvalue weighted by atomic mass is 19.4. The average Bonchev–Trinajstić information content (AvgIpc) is 4.28. The second-order valence-corrected chi connectivity index (χ2v) is 18.5. The number of nitrogens with zero attached hydrogens (tertiary/aromatic N) is 5. The first kappa shape index (κ1) is 41.9. The van der Waals surface area contributed by atoms with Gasteiger partial charge in [-0.1, -0.05) is 152 Å². The van der Waals surface area contributed by atoms with Crippen LogP contribution in [0, 0.1) is 0 Å². The topological polar surface area (TPSA) is 74.8 Å². The molecule has 0 radical (unpaired) electrons. The molecule has 0 bridgehead atoms. The second kappa shape index (κ2) is 15.9. The van der Waals surface area contributed by atoms with Gasteiger partial charge in [-0.15, -0.1) is 0 Å². The standard InChI is InChI=1S/C64H36F3N5O2/c65-64(66,67)46-25-15-24-40(60(46)72-48-27-12-8-21-42(48)57-51(72)33-35-55-59(57)44-23-10-14-29-53(44)74-55)39-30-31-49(45(36-39)63-69-61(37-16-3-1-4-17-37)68-62(70-63)38-18-5-2-6-19-38)71-47-26-11-7-20-41(47)56-50(71)32-34-54-58(56)43-22-9-13-28-52(43)73-54/h1-36H. The number of furan rings is 2. The summed E-state index contributed by atoms with van der Waals surface area (Å²) in [5.74, 6) is 1.24. The summed E-state index contributed by atoms with van der Waals surface area (Å²) in [4.78, 5) is 15.6. The van der Waals surface area contributed by atoms with Crippen molar-refractivity contribution in [2.45, 2.75) is 6.18 Å². The van der Waals surface area contributed by atoms with Crippen LogP contribution in [0.25, 0.3) is 144 Å². The van der Waals surface area contributed by atoms with Crippen molar-refractivity contribution in [3.63, 3.8) is 0 Å². The van der Waals surface area contributed by atoms with Crippen molar-refractivity contribution in [2.24, 2.45) is 0 Å². The lowest BCUT2D eigenvalue weighted by Crippen LogP contribution is -2.12. The minimum Gasteiger partial charge on any atom is -0.456 e. The highest BCUT2D eigenvalue weighted by Crippen LogP contribution is 2.48. The number of halogens is 3. The Morgan fingerprint density at radius 1 is 0.338 bits per heavy atom. The molecular formula is C64H36F3N5O2. The van der Waals surface area contributed by atoms with Crippen LogP contribution < -0.4 is 0 Å². The van der Waals surface area contributed by atoms with Crippen LogP contribution in [0.4, 0.5) is 13.2 Å². The first-order valence-electron chi connectivity index (χ1n) is 24.3. The van der Waals surface area contributed by atoms with Gasteiger partial charge in [0.05, 0.1) is 39.0 Å². The fourth-order valence-corrected chi connectivity index (χ4v) is 11.3. The van der Waals surface area contributed by atoms with Crippen LogP contribution in [-0.2, 0) is 6.18 Å². The van der Waals surface area contributed by atoms with Crippen molar-refractivity contribution < 1.29 is 22.0 Å². The number of para-hydroxylation sites is 5. The molecule has 10 heteroatoms. The lowest BCUT2D eigenvalue weighted by atomic mass is 9.96. The molecule has 0 saturated carbocycles. The number of hydrogen-bond acceptors (Lipinski definition) is 5. The van der Waals surface area contributed by atoms with E-state index in [1.165, 1.54) is 12.1 Å². The Morgan fingerprint density at radius 2 is 0.824 bits per heavy atom. The maximum atomic E-state index is 16.0. The number of fused-ring (bicyclic) bond motifs is 14. The molecule has 0 spiro atoms. The highest BCUT2D eigenvalue weighted by molar-refractivity contribution is 6.29. The molecule has 74 heavy (non-hydrogen) atoms. The first-order valence-corrected chi connectivity index (χ1v) is 24.3. The Kier molecular flexibility index (Phi) is 8.98. The van der Waals surface area contributed by atoms with E-state index >= 15 is 13.2 Å². The van der Waals surface area contributed by atoms with Gasteiger partial charge in [0.15, 0.2) is 17.5 Å². The Labute approximate surface area is 418 Å². The van der Waals surface area contributed by atoms with E-state index in [2.05, 4.69) is 28.8 Å².